The number of ether oxygens (including phenoxy) is 1. The molecule has 12 heavy (non-hydrogen) atoms. The predicted octanol–water partition coefficient (Wildman–Crippen LogP) is 1.11. The van der Waals surface area contributed by atoms with Gasteiger partial charge in [0.1, 0.15) is 0 Å². The summed E-state index contributed by atoms with van der Waals surface area (Å²) < 4.78 is 5.03. The normalized spacial score (nSPS) is 9.92. The summed E-state index contributed by atoms with van der Waals surface area (Å²) in [4.78, 5) is 4.24. The van der Waals surface area contributed by atoms with E-state index in [1.54, 1.807) is 7.11 Å². The Hall–Kier alpha value is -1.09. The van der Waals surface area contributed by atoms with Crippen molar-refractivity contribution in [1.82, 2.24) is 4.98 Å². The van der Waals surface area contributed by atoms with Crippen molar-refractivity contribution < 1.29 is 4.74 Å². The zero-order valence-electron chi connectivity index (χ0n) is 7.50. The minimum Gasteiger partial charge on any atom is -0.481 e. The van der Waals surface area contributed by atoms with E-state index in [0.717, 1.165) is 17.7 Å². The molecule has 3 heteroatoms. The molecule has 0 aliphatic carbocycles. The third-order valence-corrected chi connectivity index (χ3v) is 1.72. The van der Waals surface area contributed by atoms with Crippen molar-refractivity contribution in [2.24, 2.45) is 5.73 Å². The second kappa shape index (κ2) is 4.07. The molecular formula is C9H14N2O. The fraction of sp³-hybridized carbons (Fsp3) is 0.444. The first-order chi connectivity index (χ1) is 5.80. The van der Waals surface area contributed by atoms with Crippen molar-refractivity contribution in [1.29, 1.82) is 0 Å². The van der Waals surface area contributed by atoms with Gasteiger partial charge >= 0.3 is 0 Å². The molecule has 0 amide bonds. The summed E-state index contributed by atoms with van der Waals surface area (Å²) in [5.41, 5.74) is 7.60. The minimum atomic E-state index is 0.534. The Morgan fingerprint density at radius 3 is 2.75 bits per heavy atom. The smallest absolute Gasteiger partial charge is 0.213 e. The molecule has 3 nitrogen and oxygen atoms in total. The number of aryl methyl sites for hydroxylation is 1. The molecule has 2 N–H and O–H groups in total. The maximum atomic E-state index is 5.51. The fourth-order valence-electron chi connectivity index (χ4n) is 1.02. The van der Waals surface area contributed by atoms with Crippen LogP contribution in [0.25, 0.3) is 0 Å². The van der Waals surface area contributed by atoms with Crippen LogP contribution in [0.1, 0.15) is 18.2 Å². The average Bonchev–Trinajstić information content (AvgIpc) is 2.16. The molecule has 0 bridgehead atoms. The molecule has 0 aromatic carbocycles. The summed E-state index contributed by atoms with van der Waals surface area (Å²) in [6, 6.07) is 3.86. The van der Waals surface area contributed by atoms with E-state index in [1.165, 1.54) is 0 Å². The average molecular weight is 166 g/mol. The van der Waals surface area contributed by atoms with Crippen molar-refractivity contribution in [2.45, 2.75) is 19.9 Å². The highest BCUT2D eigenvalue weighted by Gasteiger charge is 1.99. The first kappa shape index (κ1) is 9.00. The van der Waals surface area contributed by atoms with Gasteiger partial charge in [-0.05, 0) is 18.1 Å². The van der Waals surface area contributed by atoms with Crippen LogP contribution in [-0.2, 0) is 13.0 Å². The van der Waals surface area contributed by atoms with Crippen LogP contribution in [0, 0.1) is 0 Å². The highest BCUT2D eigenvalue weighted by molar-refractivity contribution is 5.24. The Bertz CT molecular complexity index is 205. The zero-order valence-corrected chi connectivity index (χ0v) is 7.50. The van der Waals surface area contributed by atoms with Crippen LogP contribution in [0.4, 0.5) is 0 Å². The largest absolute Gasteiger partial charge is 0.481 e. The van der Waals surface area contributed by atoms with Crippen molar-refractivity contribution in [2.75, 3.05) is 7.11 Å². The van der Waals surface area contributed by atoms with Gasteiger partial charge < -0.3 is 10.5 Å². The van der Waals surface area contributed by atoms with E-state index in [4.69, 9.17) is 10.5 Å². The van der Waals surface area contributed by atoms with Crippen LogP contribution in [0.3, 0.4) is 0 Å². The third kappa shape index (κ3) is 1.95. The summed E-state index contributed by atoms with van der Waals surface area (Å²) in [7, 11) is 1.61. The van der Waals surface area contributed by atoms with Crippen molar-refractivity contribution in [3.05, 3.63) is 23.4 Å². The van der Waals surface area contributed by atoms with Crippen LogP contribution in [0.5, 0.6) is 5.88 Å². The molecule has 0 radical (unpaired) electrons. The van der Waals surface area contributed by atoms with Gasteiger partial charge in [0.2, 0.25) is 5.88 Å². The highest BCUT2D eigenvalue weighted by atomic mass is 16.5. The van der Waals surface area contributed by atoms with Gasteiger partial charge in [0, 0.05) is 18.3 Å². The van der Waals surface area contributed by atoms with Crippen LogP contribution in [0.2, 0.25) is 0 Å². The third-order valence-electron chi connectivity index (χ3n) is 1.72. The van der Waals surface area contributed by atoms with Crippen LogP contribution in [-0.4, -0.2) is 12.1 Å². The van der Waals surface area contributed by atoms with E-state index in [9.17, 15) is 0 Å². The molecule has 1 aromatic heterocycles. The lowest BCUT2D eigenvalue weighted by Gasteiger charge is -2.04. The van der Waals surface area contributed by atoms with Crippen LogP contribution in [0.15, 0.2) is 12.1 Å². The molecule has 0 fully saturated rings. The Morgan fingerprint density at radius 2 is 2.25 bits per heavy atom. The molecule has 0 saturated heterocycles. The Balaban J connectivity index is 3.01. The lowest BCUT2D eigenvalue weighted by Crippen LogP contribution is -2.00. The molecule has 0 aliphatic rings. The van der Waals surface area contributed by atoms with Crippen molar-refractivity contribution in [3.63, 3.8) is 0 Å². The lowest BCUT2D eigenvalue weighted by atomic mass is 10.2. The SMILES string of the molecule is CCc1cc(CN)cc(OC)n1. The number of rotatable bonds is 3. The Labute approximate surface area is 72.6 Å². The number of methoxy groups -OCH3 is 1. The van der Waals surface area contributed by atoms with E-state index in [2.05, 4.69) is 11.9 Å². The summed E-state index contributed by atoms with van der Waals surface area (Å²) in [5, 5.41) is 0. The van der Waals surface area contributed by atoms with Crippen molar-refractivity contribution in [3.8, 4) is 5.88 Å². The van der Waals surface area contributed by atoms with Gasteiger partial charge in [0.05, 0.1) is 7.11 Å². The van der Waals surface area contributed by atoms with Gasteiger partial charge in [0.25, 0.3) is 0 Å². The number of nitrogens with zero attached hydrogens (tertiary/aromatic N) is 1. The fourth-order valence-corrected chi connectivity index (χ4v) is 1.02. The van der Waals surface area contributed by atoms with E-state index < -0.39 is 0 Å². The molecule has 66 valence electrons. The summed E-state index contributed by atoms with van der Waals surface area (Å²) in [6.45, 7) is 2.59. The maximum absolute atomic E-state index is 5.51. The number of aromatic nitrogens is 1. The van der Waals surface area contributed by atoms with Crippen LogP contribution >= 0.6 is 0 Å². The topological polar surface area (TPSA) is 48.1 Å². The predicted molar refractivity (Wildman–Crippen MR) is 48.1 cm³/mol. The Kier molecular flexibility index (Phi) is 3.05. The molecule has 0 spiro atoms. The molecular weight excluding hydrogens is 152 g/mol. The maximum Gasteiger partial charge on any atom is 0.213 e. The van der Waals surface area contributed by atoms with Gasteiger partial charge in [0.15, 0.2) is 0 Å². The number of nitrogens with two attached hydrogens (primary N) is 1. The van der Waals surface area contributed by atoms with Gasteiger partial charge in [-0.15, -0.1) is 0 Å². The number of pyridine rings is 1. The van der Waals surface area contributed by atoms with E-state index in [0.29, 0.717) is 12.4 Å². The summed E-state index contributed by atoms with van der Waals surface area (Å²) in [6.07, 6.45) is 0.907. The first-order valence-corrected chi connectivity index (χ1v) is 4.04. The second-order valence-corrected chi connectivity index (χ2v) is 2.57. The van der Waals surface area contributed by atoms with Gasteiger partial charge in [-0.1, -0.05) is 6.92 Å². The molecule has 0 saturated carbocycles. The lowest BCUT2D eigenvalue weighted by molar-refractivity contribution is 0.396. The van der Waals surface area contributed by atoms with E-state index in [-0.39, 0.29) is 0 Å². The van der Waals surface area contributed by atoms with E-state index >= 15 is 0 Å². The van der Waals surface area contributed by atoms with Gasteiger partial charge in [-0.25, -0.2) is 4.98 Å². The van der Waals surface area contributed by atoms with Gasteiger partial charge in [-0.3, -0.25) is 0 Å². The first-order valence-electron chi connectivity index (χ1n) is 4.04. The van der Waals surface area contributed by atoms with Gasteiger partial charge in [-0.2, -0.15) is 0 Å². The molecule has 0 unspecified atom stereocenters. The standard InChI is InChI=1S/C9H14N2O/c1-3-8-4-7(6-10)5-9(11-8)12-2/h4-5H,3,6,10H2,1-2H3. The Morgan fingerprint density at radius 1 is 1.50 bits per heavy atom. The molecule has 1 aromatic rings. The number of hydrogen-bond donors (Lipinski definition) is 1. The molecule has 0 atom stereocenters. The summed E-state index contributed by atoms with van der Waals surface area (Å²) >= 11 is 0. The molecule has 1 heterocycles. The molecule has 1 rings (SSSR count). The molecule has 0 aliphatic heterocycles. The van der Waals surface area contributed by atoms with E-state index in [1.807, 2.05) is 12.1 Å². The monoisotopic (exact) mass is 166 g/mol. The minimum absolute atomic E-state index is 0.534. The van der Waals surface area contributed by atoms with Crippen LogP contribution < -0.4 is 10.5 Å². The summed E-state index contributed by atoms with van der Waals surface area (Å²) in [5.74, 6) is 0.648. The second-order valence-electron chi connectivity index (χ2n) is 2.57. The quantitative estimate of drug-likeness (QED) is 0.731. The highest BCUT2D eigenvalue weighted by Crippen LogP contribution is 2.11. The number of hydrogen-bond acceptors (Lipinski definition) is 3. The van der Waals surface area contributed by atoms with Crippen molar-refractivity contribution >= 4 is 0 Å². The zero-order chi connectivity index (χ0) is 8.97.